The lowest BCUT2D eigenvalue weighted by Gasteiger charge is -2.11. The largest absolute Gasteiger partial charge is 0.265 e. The zero-order valence-electron chi connectivity index (χ0n) is 14.0. The van der Waals surface area contributed by atoms with E-state index in [2.05, 4.69) is 48.1 Å². The van der Waals surface area contributed by atoms with Gasteiger partial charge in [0.15, 0.2) is 0 Å². The van der Waals surface area contributed by atoms with Crippen molar-refractivity contribution in [3.63, 3.8) is 0 Å². The second-order valence-corrected chi connectivity index (χ2v) is 6.32. The quantitative estimate of drug-likeness (QED) is 0.607. The Morgan fingerprint density at radius 2 is 1.73 bits per heavy atom. The summed E-state index contributed by atoms with van der Waals surface area (Å²) in [6, 6.07) is 8.69. The van der Waals surface area contributed by atoms with Crippen molar-refractivity contribution >= 4 is 0 Å². The molecule has 0 saturated carbocycles. The predicted octanol–water partition coefficient (Wildman–Crippen LogP) is 5.02. The topological polar surface area (TPSA) is 25.8 Å². The Morgan fingerprint density at radius 1 is 0.955 bits per heavy atom. The molecule has 2 rings (SSSR count). The molecular formula is C20H28N2. The summed E-state index contributed by atoms with van der Waals surface area (Å²) >= 11 is 0. The van der Waals surface area contributed by atoms with Gasteiger partial charge in [0.05, 0.1) is 0 Å². The van der Waals surface area contributed by atoms with E-state index < -0.39 is 0 Å². The van der Waals surface area contributed by atoms with Crippen molar-refractivity contribution in [1.29, 1.82) is 0 Å². The Hall–Kier alpha value is -1.70. The molecule has 1 atom stereocenters. The molecule has 118 valence electrons. The van der Waals surface area contributed by atoms with E-state index in [1.165, 1.54) is 48.9 Å². The summed E-state index contributed by atoms with van der Waals surface area (Å²) in [5, 5.41) is 0. The molecule has 0 N–H and O–H groups in total. The van der Waals surface area contributed by atoms with Crippen LogP contribution in [-0.2, 0) is 19.3 Å². The molecule has 0 aliphatic carbocycles. The lowest BCUT2D eigenvalue weighted by molar-refractivity contribution is 0.523. The van der Waals surface area contributed by atoms with Crippen molar-refractivity contribution in [3.05, 3.63) is 59.7 Å². The fraction of sp³-hybridized carbons (Fsp3) is 0.500. The Bertz CT molecular complexity index is 536. The van der Waals surface area contributed by atoms with Gasteiger partial charge in [-0.1, -0.05) is 26.7 Å². The number of aryl methyl sites for hydroxylation is 2. The standard InChI is InChI=1S/C20H28N2/c1-3-4-5-6-19-11-14-22-20(16-19)15-17(2)7-8-18-9-12-21-13-10-18/h9-14,16-17H,3-8,15H2,1-2H3. The summed E-state index contributed by atoms with van der Waals surface area (Å²) < 4.78 is 0. The van der Waals surface area contributed by atoms with E-state index in [9.17, 15) is 0 Å². The number of pyridine rings is 2. The van der Waals surface area contributed by atoms with Crippen LogP contribution in [0.1, 0.15) is 56.4 Å². The first-order valence-electron chi connectivity index (χ1n) is 8.60. The molecular weight excluding hydrogens is 268 g/mol. The normalized spacial score (nSPS) is 12.3. The second kappa shape index (κ2) is 9.34. The minimum absolute atomic E-state index is 0.659. The van der Waals surface area contributed by atoms with Gasteiger partial charge in [-0.25, -0.2) is 0 Å². The first-order chi connectivity index (χ1) is 10.8. The highest BCUT2D eigenvalue weighted by molar-refractivity contribution is 5.17. The van der Waals surface area contributed by atoms with Gasteiger partial charge < -0.3 is 0 Å². The molecule has 0 amide bonds. The first kappa shape index (κ1) is 16.7. The molecule has 2 heteroatoms. The third-order valence-corrected chi connectivity index (χ3v) is 4.18. The summed E-state index contributed by atoms with van der Waals surface area (Å²) in [4.78, 5) is 8.62. The summed E-state index contributed by atoms with van der Waals surface area (Å²) in [6.07, 6.45) is 14.2. The number of nitrogens with zero attached hydrogens (tertiary/aromatic N) is 2. The Kier molecular flexibility index (Phi) is 7.08. The molecule has 0 spiro atoms. The molecule has 0 aliphatic heterocycles. The SMILES string of the molecule is CCCCCc1ccnc(CC(C)CCc2ccncc2)c1. The molecule has 2 heterocycles. The van der Waals surface area contributed by atoms with Gasteiger partial charge >= 0.3 is 0 Å². The van der Waals surface area contributed by atoms with Crippen molar-refractivity contribution in [2.24, 2.45) is 5.92 Å². The summed E-state index contributed by atoms with van der Waals surface area (Å²) in [6.45, 7) is 4.58. The van der Waals surface area contributed by atoms with E-state index >= 15 is 0 Å². The highest BCUT2D eigenvalue weighted by Gasteiger charge is 2.06. The van der Waals surface area contributed by atoms with E-state index in [0.717, 1.165) is 12.8 Å². The molecule has 0 aromatic carbocycles. The number of hydrogen-bond acceptors (Lipinski definition) is 2. The van der Waals surface area contributed by atoms with Crippen LogP contribution in [-0.4, -0.2) is 9.97 Å². The third-order valence-electron chi connectivity index (χ3n) is 4.18. The van der Waals surface area contributed by atoms with Gasteiger partial charge in [-0.3, -0.25) is 9.97 Å². The van der Waals surface area contributed by atoms with Gasteiger partial charge in [-0.15, -0.1) is 0 Å². The van der Waals surface area contributed by atoms with E-state index in [1.54, 1.807) is 0 Å². The van der Waals surface area contributed by atoms with Gasteiger partial charge in [0.25, 0.3) is 0 Å². The predicted molar refractivity (Wildman–Crippen MR) is 92.9 cm³/mol. The van der Waals surface area contributed by atoms with Gasteiger partial charge in [-0.05, 0) is 73.4 Å². The number of rotatable bonds is 9. The van der Waals surface area contributed by atoms with Crippen molar-refractivity contribution in [1.82, 2.24) is 9.97 Å². The maximum Gasteiger partial charge on any atom is 0.0409 e. The van der Waals surface area contributed by atoms with Gasteiger partial charge in [-0.2, -0.15) is 0 Å². The number of unbranched alkanes of at least 4 members (excludes halogenated alkanes) is 2. The first-order valence-corrected chi connectivity index (χ1v) is 8.60. The van der Waals surface area contributed by atoms with E-state index in [4.69, 9.17) is 0 Å². The minimum Gasteiger partial charge on any atom is -0.265 e. The van der Waals surface area contributed by atoms with Crippen LogP contribution in [0.4, 0.5) is 0 Å². The van der Waals surface area contributed by atoms with Crippen LogP contribution >= 0.6 is 0 Å². The number of aromatic nitrogens is 2. The van der Waals surface area contributed by atoms with E-state index in [0.29, 0.717) is 5.92 Å². The molecule has 0 bridgehead atoms. The van der Waals surface area contributed by atoms with Crippen LogP contribution in [0.2, 0.25) is 0 Å². The molecule has 0 saturated heterocycles. The molecule has 1 unspecified atom stereocenters. The van der Waals surface area contributed by atoms with Gasteiger partial charge in [0.2, 0.25) is 0 Å². The van der Waals surface area contributed by atoms with Crippen LogP contribution in [0.15, 0.2) is 42.9 Å². The molecule has 2 nitrogen and oxygen atoms in total. The fourth-order valence-electron chi connectivity index (χ4n) is 2.80. The van der Waals surface area contributed by atoms with Crippen molar-refractivity contribution in [2.45, 2.75) is 58.8 Å². The number of hydrogen-bond donors (Lipinski definition) is 0. The van der Waals surface area contributed by atoms with Gasteiger partial charge in [0.1, 0.15) is 0 Å². The molecule has 0 fully saturated rings. The smallest absolute Gasteiger partial charge is 0.0409 e. The van der Waals surface area contributed by atoms with Crippen molar-refractivity contribution < 1.29 is 0 Å². The Morgan fingerprint density at radius 3 is 2.50 bits per heavy atom. The van der Waals surface area contributed by atoms with E-state index in [1.807, 2.05) is 18.6 Å². The Labute approximate surface area is 135 Å². The average molecular weight is 296 g/mol. The molecule has 0 aliphatic rings. The summed E-state index contributed by atoms with van der Waals surface area (Å²) in [7, 11) is 0. The molecule has 2 aromatic heterocycles. The lowest BCUT2D eigenvalue weighted by atomic mass is 9.96. The maximum absolute atomic E-state index is 4.55. The summed E-state index contributed by atoms with van der Waals surface area (Å²) in [5.41, 5.74) is 4.07. The molecule has 2 aromatic rings. The van der Waals surface area contributed by atoms with Crippen LogP contribution in [0, 0.1) is 5.92 Å². The van der Waals surface area contributed by atoms with Crippen LogP contribution in [0.3, 0.4) is 0 Å². The molecule has 0 radical (unpaired) electrons. The highest BCUT2D eigenvalue weighted by Crippen LogP contribution is 2.15. The van der Waals surface area contributed by atoms with Crippen LogP contribution in [0.25, 0.3) is 0 Å². The average Bonchev–Trinajstić information content (AvgIpc) is 2.55. The maximum atomic E-state index is 4.55. The zero-order valence-corrected chi connectivity index (χ0v) is 14.0. The fourth-order valence-corrected chi connectivity index (χ4v) is 2.80. The Balaban J connectivity index is 1.80. The minimum atomic E-state index is 0.659. The van der Waals surface area contributed by atoms with Crippen LogP contribution < -0.4 is 0 Å². The lowest BCUT2D eigenvalue weighted by Crippen LogP contribution is -2.04. The van der Waals surface area contributed by atoms with Gasteiger partial charge in [0, 0.05) is 24.3 Å². The summed E-state index contributed by atoms with van der Waals surface area (Å²) in [5.74, 6) is 0.659. The molecule has 22 heavy (non-hydrogen) atoms. The van der Waals surface area contributed by atoms with Crippen molar-refractivity contribution in [3.8, 4) is 0 Å². The zero-order chi connectivity index (χ0) is 15.6. The second-order valence-electron chi connectivity index (χ2n) is 6.32. The third kappa shape index (κ3) is 5.97. The monoisotopic (exact) mass is 296 g/mol. The van der Waals surface area contributed by atoms with Crippen LogP contribution in [0.5, 0.6) is 0 Å². The van der Waals surface area contributed by atoms with Crippen molar-refractivity contribution in [2.75, 3.05) is 0 Å². The highest BCUT2D eigenvalue weighted by atomic mass is 14.7. The van der Waals surface area contributed by atoms with E-state index in [-0.39, 0.29) is 0 Å².